The molecule has 0 aliphatic heterocycles. The molecule has 1 aliphatic rings. The molecule has 0 heterocycles. The van der Waals surface area contributed by atoms with Crippen LogP contribution in [0.4, 0.5) is 0 Å². The average molecular weight is 391 g/mol. The maximum Gasteiger partial charge on any atom is 0.308 e. The Bertz CT molecular complexity index is 558. The molecule has 0 radical (unpaired) electrons. The topological polar surface area (TPSA) is 55.8 Å². The van der Waals surface area contributed by atoms with Crippen molar-refractivity contribution >= 4 is 5.97 Å². The maximum absolute atomic E-state index is 12.3. The number of carbonyl (C=O) groups excluding carboxylic acids is 1. The van der Waals surface area contributed by atoms with Gasteiger partial charge in [0, 0.05) is 0 Å². The highest BCUT2D eigenvalue weighted by molar-refractivity contribution is 5.72. The fourth-order valence-electron chi connectivity index (χ4n) is 3.87. The Morgan fingerprint density at radius 1 is 0.964 bits per heavy atom. The van der Waals surface area contributed by atoms with E-state index in [0.29, 0.717) is 38.9 Å². The molecule has 1 aliphatic carbocycles. The zero-order valence-corrected chi connectivity index (χ0v) is 17.8. The van der Waals surface area contributed by atoms with Crippen LogP contribution in [-0.2, 0) is 15.1 Å². The number of aliphatic hydroxyl groups is 1. The van der Waals surface area contributed by atoms with Gasteiger partial charge in [-0.25, -0.2) is 0 Å². The standard InChI is InChI=1S/C24H38O4/c1-3-5-6-7-8-9-19-28-23(25)20-14-16-24(26,17-15-20)21-10-12-22(13-11-21)27-18-4-2/h10-13,20,26H,3-9,14-19H2,1-2H3. The Hall–Kier alpha value is -1.55. The van der Waals surface area contributed by atoms with Gasteiger partial charge in [0.25, 0.3) is 0 Å². The summed E-state index contributed by atoms with van der Waals surface area (Å²) in [6, 6.07) is 7.73. The van der Waals surface area contributed by atoms with Crippen molar-refractivity contribution in [1.82, 2.24) is 0 Å². The van der Waals surface area contributed by atoms with E-state index in [-0.39, 0.29) is 11.9 Å². The van der Waals surface area contributed by atoms with Gasteiger partial charge < -0.3 is 14.6 Å². The number of rotatable bonds is 12. The van der Waals surface area contributed by atoms with E-state index in [2.05, 4.69) is 13.8 Å². The third-order valence-corrected chi connectivity index (χ3v) is 5.75. The summed E-state index contributed by atoms with van der Waals surface area (Å²) in [4.78, 5) is 12.3. The quantitative estimate of drug-likeness (QED) is 0.364. The zero-order chi connectivity index (χ0) is 20.2. The van der Waals surface area contributed by atoms with E-state index in [0.717, 1.165) is 30.6 Å². The molecule has 0 aromatic heterocycles. The van der Waals surface area contributed by atoms with Crippen LogP contribution in [0.25, 0.3) is 0 Å². The molecular formula is C24H38O4. The molecule has 28 heavy (non-hydrogen) atoms. The zero-order valence-electron chi connectivity index (χ0n) is 17.8. The van der Waals surface area contributed by atoms with E-state index in [9.17, 15) is 9.90 Å². The van der Waals surface area contributed by atoms with Crippen LogP contribution >= 0.6 is 0 Å². The molecule has 0 saturated heterocycles. The smallest absolute Gasteiger partial charge is 0.308 e. The Morgan fingerprint density at radius 3 is 2.25 bits per heavy atom. The summed E-state index contributed by atoms with van der Waals surface area (Å²) in [6.45, 7) is 5.52. The Morgan fingerprint density at radius 2 is 1.61 bits per heavy atom. The molecule has 4 nitrogen and oxygen atoms in total. The number of benzene rings is 1. The Labute approximate surface area is 170 Å². The van der Waals surface area contributed by atoms with Crippen molar-refractivity contribution in [2.75, 3.05) is 13.2 Å². The number of hydrogen-bond donors (Lipinski definition) is 1. The second kappa shape index (κ2) is 12.1. The van der Waals surface area contributed by atoms with Crippen molar-refractivity contribution in [1.29, 1.82) is 0 Å². The van der Waals surface area contributed by atoms with Crippen LogP contribution in [0, 0.1) is 5.92 Å². The van der Waals surface area contributed by atoms with Crippen LogP contribution < -0.4 is 4.74 Å². The molecule has 4 heteroatoms. The van der Waals surface area contributed by atoms with E-state index in [1.54, 1.807) is 0 Å². The summed E-state index contributed by atoms with van der Waals surface area (Å²) in [6.07, 6.45) is 10.7. The molecule has 2 rings (SSSR count). The van der Waals surface area contributed by atoms with Crippen LogP contribution in [-0.4, -0.2) is 24.3 Å². The first kappa shape index (κ1) is 22.7. The summed E-state index contributed by atoms with van der Waals surface area (Å²) < 4.78 is 11.1. The molecule has 1 N–H and O–H groups in total. The highest BCUT2D eigenvalue weighted by Crippen LogP contribution is 2.40. The summed E-state index contributed by atoms with van der Waals surface area (Å²) in [5.74, 6) is 0.674. The summed E-state index contributed by atoms with van der Waals surface area (Å²) in [5, 5.41) is 11.0. The van der Waals surface area contributed by atoms with Crippen molar-refractivity contribution < 1.29 is 19.4 Å². The van der Waals surface area contributed by atoms with Gasteiger partial charge in [-0.2, -0.15) is 0 Å². The number of hydrogen-bond acceptors (Lipinski definition) is 4. The fraction of sp³-hybridized carbons (Fsp3) is 0.708. The first-order valence-corrected chi connectivity index (χ1v) is 11.2. The number of esters is 1. The third-order valence-electron chi connectivity index (χ3n) is 5.75. The van der Waals surface area contributed by atoms with E-state index in [4.69, 9.17) is 9.47 Å². The SMILES string of the molecule is CCCCCCCCOC(=O)C1CCC(O)(c2ccc(OCCC)cc2)CC1. The number of unbranched alkanes of at least 4 members (excludes halogenated alkanes) is 5. The molecule has 0 atom stereocenters. The molecule has 1 aromatic rings. The Balaban J connectivity index is 1.71. The predicted octanol–water partition coefficient (Wildman–Crippen LogP) is 5.76. The fourth-order valence-corrected chi connectivity index (χ4v) is 3.87. The Kier molecular flexibility index (Phi) is 9.83. The van der Waals surface area contributed by atoms with Gasteiger partial charge in [0.05, 0.1) is 24.7 Å². The lowest BCUT2D eigenvalue weighted by atomic mass is 9.75. The monoisotopic (exact) mass is 390 g/mol. The number of carbonyl (C=O) groups is 1. The minimum absolute atomic E-state index is 0.0764. The molecule has 0 bridgehead atoms. The number of ether oxygens (including phenoxy) is 2. The van der Waals surface area contributed by atoms with E-state index < -0.39 is 5.60 Å². The second-order valence-electron chi connectivity index (χ2n) is 8.11. The summed E-state index contributed by atoms with van der Waals surface area (Å²) in [7, 11) is 0. The van der Waals surface area contributed by atoms with Crippen molar-refractivity contribution in [2.24, 2.45) is 5.92 Å². The van der Waals surface area contributed by atoms with Gasteiger partial charge in [-0.05, 0) is 56.2 Å². The van der Waals surface area contributed by atoms with Crippen LogP contribution in [0.15, 0.2) is 24.3 Å². The van der Waals surface area contributed by atoms with Gasteiger partial charge in [-0.15, -0.1) is 0 Å². The molecule has 1 aromatic carbocycles. The largest absolute Gasteiger partial charge is 0.494 e. The van der Waals surface area contributed by atoms with Gasteiger partial charge in [-0.3, -0.25) is 4.79 Å². The molecule has 158 valence electrons. The predicted molar refractivity (Wildman–Crippen MR) is 112 cm³/mol. The third kappa shape index (κ3) is 7.12. The molecule has 0 spiro atoms. The maximum atomic E-state index is 12.3. The van der Waals surface area contributed by atoms with E-state index in [1.807, 2.05) is 24.3 Å². The van der Waals surface area contributed by atoms with E-state index in [1.165, 1.54) is 25.7 Å². The van der Waals surface area contributed by atoms with Crippen molar-refractivity contribution in [3.8, 4) is 5.75 Å². The highest BCUT2D eigenvalue weighted by Gasteiger charge is 2.37. The molecule has 0 unspecified atom stereocenters. The lowest BCUT2D eigenvalue weighted by molar-refractivity contribution is -0.152. The van der Waals surface area contributed by atoms with Crippen LogP contribution in [0.2, 0.25) is 0 Å². The van der Waals surface area contributed by atoms with E-state index >= 15 is 0 Å². The second-order valence-corrected chi connectivity index (χ2v) is 8.11. The van der Waals surface area contributed by atoms with Gasteiger partial charge in [0.15, 0.2) is 0 Å². The lowest BCUT2D eigenvalue weighted by Gasteiger charge is -2.35. The van der Waals surface area contributed by atoms with Crippen LogP contribution in [0.3, 0.4) is 0 Å². The average Bonchev–Trinajstić information content (AvgIpc) is 2.72. The van der Waals surface area contributed by atoms with Crippen molar-refractivity contribution in [2.45, 2.75) is 90.1 Å². The highest BCUT2D eigenvalue weighted by atomic mass is 16.5. The first-order chi connectivity index (χ1) is 13.6. The van der Waals surface area contributed by atoms with Crippen LogP contribution in [0.1, 0.15) is 90.0 Å². The minimum atomic E-state index is -0.848. The van der Waals surface area contributed by atoms with Gasteiger partial charge in [0.1, 0.15) is 5.75 Å². The normalized spacial score (nSPS) is 22.0. The van der Waals surface area contributed by atoms with Crippen molar-refractivity contribution in [3.63, 3.8) is 0 Å². The molecule has 0 amide bonds. The summed E-state index contributed by atoms with van der Waals surface area (Å²) >= 11 is 0. The van der Waals surface area contributed by atoms with Crippen LogP contribution in [0.5, 0.6) is 5.75 Å². The lowest BCUT2D eigenvalue weighted by Crippen LogP contribution is -2.34. The van der Waals surface area contributed by atoms with Gasteiger partial charge in [-0.1, -0.05) is 58.1 Å². The summed E-state index contributed by atoms with van der Waals surface area (Å²) in [5.41, 5.74) is 0.0644. The molecule has 1 fully saturated rings. The first-order valence-electron chi connectivity index (χ1n) is 11.2. The van der Waals surface area contributed by atoms with Gasteiger partial charge in [0.2, 0.25) is 0 Å². The molecular weight excluding hydrogens is 352 g/mol. The van der Waals surface area contributed by atoms with Crippen molar-refractivity contribution in [3.05, 3.63) is 29.8 Å². The minimum Gasteiger partial charge on any atom is -0.494 e. The molecule has 1 saturated carbocycles. The van der Waals surface area contributed by atoms with Gasteiger partial charge >= 0.3 is 5.97 Å².